The monoisotopic (exact) mass is 549 g/mol. The van der Waals surface area contributed by atoms with Crippen molar-refractivity contribution < 1.29 is 14.4 Å². The summed E-state index contributed by atoms with van der Waals surface area (Å²) < 4.78 is 0. The van der Waals surface area contributed by atoms with Gasteiger partial charge in [-0.15, -0.1) is 0 Å². The largest absolute Gasteiger partial charge is 0.342 e. The summed E-state index contributed by atoms with van der Waals surface area (Å²) in [6.07, 6.45) is 2.45. The molecule has 0 radical (unpaired) electrons. The van der Waals surface area contributed by atoms with Gasteiger partial charge in [-0.25, -0.2) is 0 Å². The van der Waals surface area contributed by atoms with Gasteiger partial charge in [0.25, 0.3) is 0 Å². The molecule has 1 heterocycles. The fourth-order valence-corrected chi connectivity index (χ4v) is 5.03. The number of nitrogens with one attached hydrogen (secondary N) is 3. The maximum absolute atomic E-state index is 13.9. The molecular formula is C32H47N5O3. The SMILES string of the molecule is CN[C@@H](C)C(=O)N[C@H](C(=O)N1CCC[C@H]1CN(CCc1ccccc1)C(=O)CNCc1ccccc1)C(C)(C)C. The third-order valence-electron chi connectivity index (χ3n) is 7.63. The lowest BCUT2D eigenvalue weighted by Crippen LogP contribution is -2.59. The molecule has 0 bridgehead atoms. The molecule has 0 saturated carbocycles. The first kappa shape index (κ1) is 31.3. The summed E-state index contributed by atoms with van der Waals surface area (Å²) in [4.78, 5) is 43.9. The third-order valence-corrected chi connectivity index (χ3v) is 7.63. The fraction of sp³-hybridized carbons (Fsp3) is 0.531. The van der Waals surface area contributed by atoms with Crippen molar-refractivity contribution in [2.45, 2.75) is 71.6 Å². The number of amides is 3. The molecule has 8 nitrogen and oxygen atoms in total. The van der Waals surface area contributed by atoms with Gasteiger partial charge in [-0.05, 0) is 49.8 Å². The van der Waals surface area contributed by atoms with Crippen molar-refractivity contribution in [1.29, 1.82) is 0 Å². The number of benzene rings is 2. The predicted molar refractivity (Wildman–Crippen MR) is 160 cm³/mol. The summed E-state index contributed by atoms with van der Waals surface area (Å²) in [6.45, 7) is 10.2. The van der Waals surface area contributed by atoms with Gasteiger partial charge in [0.05, 0.1) is 12.6 Å². The van der Waals surface area contributed by atoms with Crippen molar-refractivity contribution in [2.75, 3.05) is 33.2 Å². The number of rotatable bonds is 13. The van der Waals surface area contributed by atoms with Gasteiger partial charge in [0.2, 0.25) is 17.7 Å². The zero-order chi connectivity index (χ0) is 29.1. The van der Waals surface area contributed by atoms with E-state index in [2.05, 4.69) is 28.1 Å². The quantitative estimate of drug-likeness (QED) is 0.357. The van der Waals surface area contributed by atoms with E-state index in [9.17, 15) is 14.4 Å². The van der Waals surface area contributed by atoms with Crippen molar-refractivity contribution in [3.63, 3.8) is 0 Å². The van der Waals surface area contributed by atoms with Crippen LogP contribution in [0, 0.1) is 5.41 Å². The molecule has 3 amide bonds. The summed E-state index contributed by atoms with van der Waals surface area (Å²) in [6, 6.07) is 19.0. The van der Waals surface area contributed by atoms with Crippen LogP contribution in [-0.2, 0) is 27.3 Å². The van der Waals surface area contributed by atoms with Crippen molar-refractivity contribution in [3.8, 4) is 0 Å². The fourth-order valence-electron chi connectivity index (χ4n) is 5.03. The Labute approximate surface area is 239 Å². The lowest BCUT2D eigenvalue weighted by atomic mass is 9.85. The number of hydrogen-bond acceptors (Lipinski definition) is 5. The number of hydrogen-bond donors (Lipinski definition) is 3. The average molecular weight is 550 g/mol. The summed E-state index contributed by atoms with van der Waals surface area (Å²) in [7, 11) is 1.73. The summed E-state index contributed by atoms with van der Waals surface area (Å²) >= 11 is 0. The second-order valence-electron chi connectivity index (χ2n) is 11.8. The highest BCUT2D eigenvalue weighted by Crippen LogP contribution is 2.26. The van der Waals surface area contributed by atoms with E-state index in [-0.39, 0.29) is 30.3 Å². The van der Waals surface area contributed by atoms with Gasteiger partial charge in [0, 0.05) is 32.2 Å². The van der Waals surface area contributed by atoms with Crippen LogP contribution in [0.3, 0.4) is 0 Å². The molecule has 1 aliphatic heterocycles. The molecule has 0 aromatic heterocycles. The summed E-state index contributed by atoms with van der Waals surface area (Å²) in [5.41, 5.74) is 1.84. The van der Waals surface area contributed by atoms with Crippen molar-refractivity contribution in [1.82, 2.24) is 25.8 Å². The van der Waals surface area contributed by atoms with Crippen LogP contribution in [0.2, 0.25) is 0 Å². The molecule has 0 aliphatic carbocycles. The van der Waals surface area contributed by atoms with E-state index in [0.717, 1.165) is 24.8 Å². The van der Waals surface area contributed by atoms with Crippen LogP contribution in [0.25, 0.3) is 0 Å². The van der Waals surface area contributed by atoms with E-state index < -0.39 is 17.5 Å². The molecule has 0 spiro atoms. The minimum Gasteiger partial charge on any atom is -0.342 e. The van der Waals surface area contributed by atoms with E-state index in [4.69, 9.17) is 0 Å². The molecule has 218 valence electrons. The second kappa shape index (κ2) is 15.0. The minimum absolute atomic E-state index is 0.0229. The van der Waals surface area contributed by atoms with E-state index in [1.165, 1.54) is 5.56 Å². The van der Waals surface area contributed by atoms with Crippen LogP contribution in [0.5, 0.6) is 0 Å². The Hall–Kier alpha value is -3.23. The van der Waals surface area contributed by atoms with Crippen LogP contribution in [-0.4, -0.2) is 78.9 Å². The summed E-state index contributed by atoms with van der Waals surface area (Å²) in [5.74, 6) is -0.255. The normalized spacial score (nSPS) is 16.8. The first-order chi connectivity index (χ1) is 19.1. The van der Waals surface area contributed by atoms with Gasteiger partial charge < -0.3 is 25.8 Å². The molecule has 1 aliphatic rings. The van der Waals surface area contributed by atoms with E-state index >= 15 is 0 Å². The van der Waals surface area contributed by atoms with Crippen LogP contribution in [0.1, 0.15) is 51.7 Å². The van der Waals surface area contributed by atoms with Crippen molar-refractivity contribution in [2.24, 2.45) is 5.41 Å². The Morgan fingerprint density at radius 2 is 1.62 bits per heavy atom. The average Bonchev–Trinajstić information content (AvgIpc) is 3.41. The van der Waals surface area contributed by atoms with Crippen molar-refractivity contribution >= 4 is 17.7 Å². The zero-order valence-corrected chi connectivity index (χ0v) is 24.8. The Kier molecular flexibility index (Phi) is 11.7. The maximum atomic E-state index is 13.9. The van der Waals surface area contributed by atoms with E-state index in [1.807, 2.05) is 79.1 Å². The zero-order valence-electron chi connectivity index (χ0n) is 24.8. The number of nitrogens with zero attached hydrogens (tertiary/aromatic N) is 2. The Balaban J connectivity index is 1.71. The van der Waals surface area contributed by atoms with Gasteiger partial charge in [-0.2, -0.15) is 0 Å². The summed E-state index contributed by atoms with van der Waals surface area (Å²) in [5, 5.41) is 9.22. The first-order valence-corrected chi connectivity index (χ1v) is 14.4. The maximum Gasteiger partial charge on any atom is 0.246 e. The Bertz CT molecular complexity index is 1090. The molecule has 0 unspecified atom stereocenters. The van der Waals surface area contributed by atoms with Crippen molar-refractivity contribution in [3.05, 3.63) is 71.8 Å². The molecule has 3 atom stereocenters. The number of likely N-dealkylation sites (N-methyl/N-ethyl adjacent to an activating group) is 1. The van der Waals surface area contributed by atoms with Gasteiger partial charge in [-0.1, -0.05) is 81.4 Å². The van der Waals surface area contributed by atoms with Crippen LogP contribution in [0.15, 0.2) is 60.7 Å². The van der Waals surface area contributed by atoms with E-state index in [0.29, 0.717) is 26.2 Å². The second-order valence-corrected chi connectivity index (χ2v) is 11.8. The van der Waals surface area contributed by atoms with Gasteiger partial charge in [0.15, 0.2) is 0 Å². The molecule has 8 heteroatoms. The smallest absolute Gasteiger partial charge is 0.246 e. The van der Waals surface area contributed by atoms with E-state index in [1.54, 1.807) is 14.0 Å². The van der Waals surface area contributed by atoms with Crippen LogP contribution >= 0.6 is 0 Å². The molecule has 40 heavy (non-hydrogen) atoms. The highest BCUT2D eigenvalue weighted by molar-refractivity contribution is 5.90. The topological polar surface area (TPSA) is 93.8 Å². The highest BCUT2D eigenvalue weighted by atomic mass is 16.2. The molecule has 2 aromatic rings. The third kappa shape index (κ3) is 9.17. The van der Waals surface area contributed by atoms with Gasteiger partial charge >= 0.3 is 0 Å². The van der Waals surface area contributed by atoms with Gasteiger partial charge in [0.1, 0.15) is 6.04 Å². The highest BCUT2D eigenvalue weighted by Gasteiger charge is 2.40. The number of likely N-dealkylation sites (tertiary alicyclic amines) is 1. The lowest BCUT2D eigenvalue weighted by Gasteiger charge is -2.37. The van der Waals surface area contributed by atoms with Crippen LogP contribution < -0.4 is 16.0 Å². The molecule has 2 aromatic carbocycles. The Morgan fingerprint density at radius 1 is 1.00 bits per heavy atom. The van der Waals surface area contributed by atoms with Gasteiger partial charge in [-0.3, -0.25) is 14.4 Å². The molecule has 3 N–H and O–H groups in total. The molecular weight excluding hydrogens is 502 g/mol. The number of carbonyl (C=O) groups excluding carboxylic acids is 3. The first-order valence-electron chi connectivity index (χ1n) is 14.4. The predicted octanol–water partition coefficient (Wildman–Crippen LogP) is 2.98. The molecule has 1 fully saturated rings. The minimum atomic E-state index is -0.655. The number of carbonyl (C=O) groups is 3. The standard InChI is InChI=1S/C32H47N5O3/c1-24(33-5)30(39)35-29(32(2,3)4)31(40)37-19-12-17-27(37)23-36(20-18-25-13-8-6-9-14-25)28(38)22-34-21-26-15-10-7-11-16-26/h6-11,13-16,24,27,29,33-34H,12,17-23H2,1-5H3,(H,35,39)/t24-,27-,29+/m0/s1. The molecule has 1 saturated heterocycles. The molecule has 3 rings (SSSR count). The Morgan fingerprint density at radius 3 is 2.23 bits per heavy atom. The lowest BCUT2D eigenvalue weighted by molar-refractivity contribution is -0.142. The van der Waals surface area contributed by atoms with Crippen LogP contribution in [0.4, 0.5) is 0 Å².